The molecule has 0 spiro atoms. The van der Waals surface area contributed by atoms with Crippen LogP contribution in [0.25, 0.3) is 0 Å². The predicted octanol–water partition coefficient (Wildman–Crippen LogP) is 2.42. The Morgan fingerprint density at radius 3 is 2.68 bits per heavy atom. The van der Waals surface area contributed by atoms with Crippen LogP contribution in [0.4, 0.5) is 0 Å². The number of aryl methyl sites for hydroxylation is 1. The third kappa shape index (κ3) is 3.39. The number of nitrogens with zero attached hydrogens (tertiary/aromatic N) is 4. The Bertz CT molecular complexity index is 537. The number of hydrogen-bond acceptors (Lipinski definition) is 5. The van der Waals surface area contributed by atoms with Gasteiger partial charge in [-0.3, -0.25) is 0 Å². The zero-order chi connectivity index (χ0) is 14.0. The van der Waals surface area contributed by atoms with E-state index in [1.54, 1.807) is 17.7 Å². The Balaban J connectivity index is 1.98. The van der Waals surface area contributed by atoms with Crippen LogP contribution in [-0.4, -0.2) is 19.7 Å². The first-order chi connectivity index (χ1) is 8.88. The van der Waals surface area contributed by atoms with E-state index in [1.165, 1.54) is 0 Å². The zero-order valence-electron chi connectivity index (χ0n) is 12.1. The fraction of sp³-hybridized carbons (Fsp3) is 0.615. The van der Waals surface area contributed by atoms with Crippen molar-refractivity contribution in [2.24, 2.45) is 7.05 Å². The van der Waals surface area contributed by atoms with Crippen molar-refractivity contribution in [1.82, 2.24) is 25.1 Å². The summed E-state index contributed by atoms with van der Waals surface area (Å²) in [6.45, 7) is 9.38. The second-order valence-electron chi connectivity index (χ2n) is 5.78. The van der Waals surface area contributed by atoms with Gasteiger partial charge in [0, 0.05) is 17.8 Å². The Labute approximate surface area is 118 Å². The summed E-state index contributed by atoms with van der Waals surface area (Å²) >= 11 is 1.71. The molecule has 0 aromatic carbocycles. The van der Waals surface area contributed by atoms with E-state index in [-0.39, 0.29) is 11.5 Å². The molecule has 2 aromatic heterocycles. The van der Waals surface area contributed by atoms with Crippen molar-refractivity contribution in [2.75, 3.05) is 0 Å². The van der Waals surface area contributed by atoms with Crippen molar-refractivity contribution in [3.8, 4) is 0 Å². The van der Waals surface area contributed by atoms with Crippen LogP contribution in [-0.2, 0) is 19.0 Å². The van der Waals surface area contributed by atoms with Crippen LogP contribution >= 0.6 is 11.3 Å². The standard InChI is InChI=1S/C13H21N5S/c1-9(14-6-11-17-15-8-18(11)5)12-16-10(7-19-12)13(2,3)4/h7-9,14H,6H2,1-5H3. The van der Waals surface area contributed by atoms with Gasteiger partial charge in [-0.15, -0.1) is 21.5 Å². The maximum Gasteiger partial charge on any atom is 0.146 e. The molecule has 0 saturated carbocycles. The van der Waals surface area contributed by atoms with E-state index >= 15 is 0 Å². The zero-order valence-corrected chi connectivity index (χ0v) is 13.0. The first kappa shape index (κ1) is 14.1. The monoisotopic (exact) mass is 279 g/mol. The van der Waals surface area contributed by atoms with Gasteiger partial charge in [-0.1, -0.05) is 20.8 Å². The van der Waals surface area contributed by atoms with Gasteiger partial charge in [0.05, 0.1) is 18.3 Å². The Morgan fingerprint density at radius 1 is 1.42 bits per heavy atom. The minimum Gasteiger partial charge on any atom is -0.320 e. The van der Waals surface area contributed by atoms with E-state index in [1.807, 2.05) is 11.6 Å². The lowest BCUT2D eigenvalue weighted by Crippen LogP contribution is -2.20. The van der Waals surface area contributed by atoms with Crippen molar-refractivity contribution < 1.29 is 0 Å². The summed E-state index contributed by atoms with van der Waals surface area (Å²) < 4.78 is 1.92. The first-order valence-electron chi connectivity index (χ1n) is 6.40. The van der Waals surface area contributed by atoms with Gasteiger partial charge in [0.1, 0.15) is 17.2 Å². The maximum atomic E-state index is 4.72. The molecule has 1 unspecified atom stereocenters. The molecule has 1 atom stereocenters. The highest BCUT2D eigenvalue weighted by atomic mass is 32.1. The number of nitrogens with one attached hydrogen (secondary N) is 1. The van der Waals surface area contributed by atoms with E-state index in [4.69, 9.17) is 4.98 Å². The highest BCUT2D eigenvalue weighted by Crippen LogP contribution is 2.26. The summed E-state index contributed by atoms with van der Waals surface area (Å²) in [4.78, 5) is 4.72. The van der Waals surface area contributed by atoms with Crippen molar-refractivity contribution in [1.29, 1.82) is 0 Å². The molecule has 0 amide bonds. The highest BCUT2D eigenvalue weighted by Gasteiger charge is 2.19. The van der Waals surface area contributed by atoms with Crippen LogP contribution in [0, 0.1) is 0 Å². The molecule has 2 rings (SSSR count). The first-order valence-corrected chi connectivity index (χ1v) is 7.28. The second-order valence-corrected chi connectivity index (χ2v) is 6.67. The molecule has 2 aromatic rings. The predicted molar refractivity (Wildman–Crippen MR) is 77.1 cm³/mol. The van der Waals surface area contributed by atoms with Gasteiger partial charge in [-0.2, -0.15) is 0 Å². The van der Waals surface area contributed by atoms with E-state index in [0.717, 1.165) is 16.5 Å². The summed E-state index contributed by atoms with van der Waals surface area (Å²) in [5, 5.41) is 14.6. The van der Waals surface area contributed by atoms with Gasteiger partial charge < -0.3 is 9.88 Å². The average Bonchev–Trinajstić information content (AvgIpc) is 2.93. The number of aromatic nitrogens is 4. The largest absolute Gasteiger partial charge is 0.320 e. The third-order valence-electron chi connectivity index (χ3n) is 3.03. The Kier molecular flexibility index (Phi) is 4.01. The van der Waals surface area contributed by atoms with Crippen molar-refractivity contribution in [3.63, 3.8) is 0 Å². The molecule has 104 valence electrons. The topological polar surface area (TPSA) is 55.6 Å². The van der Waals surface area contributed by atoms with Crippen molar-refractivity contribution in [2.45, 2.75) is 45.7 Å². The molecule has 0 bridgehead atoms. The molecular weight excluding hydrogens is 258 g/mol. The van der Waals surface area contributed by atoms with Gasteiger partial charge in [0.2, 0.25) is 0 Å². The summed E-state index contributed by atoms with van der Waals surface area (Å²) in [5.41, 5.74) is 1.26. The maximum absolute atomic E-state index is 4.72. The van der Waals surface area contributed by atoms with E-state index < -0.39 is 0 Å². The van der Waals surface area contributed by atoms with E-state index in [9.17, 15) is 0 Å². The molecule has 1 N–H and O–H groups in total. The molecule has 19 heavy (non-hydrogen) atoms. The van der Waals surface area contributed by atoms with Gasteiger partial charge in [0.15, 0.2) is 0 Å². The van der Waals surface area contributed by atoms with Crippen LogP contribution in [0.5, 0.6) is 0 Å². The van der Waals surface area contributed by atoms with Gasteiger partial charge in [-0.05, 0) is 6.92 Å². The van der Waals surface area contributed by atoms with Crippen LogP contribution in [0.1, 0.15) is 50.3 Å². The molecule has 0 fully saturated rings. The quantitative estimate of drug-likeness (QED) is 0.934. The molecule has 0 saturated heterocycles. The van der Waals surface area contributed by atoms with Gasteiger partial charge in [-0.25, -0.2) is 4.98 Å². The highest BCUT2D eigenvalue weighted by molar-refractivity contribution is 7.09. The third-order valence-corrected chi connectivity index (χ3v) is 4.06. The smallest absolute Gasteiger partial charge is 0.146 e. The molecule has 2 heterocycles. The van der Waals surface area contributed by atoms with Crippen LogP contribution in [0.3, 0.4) is 0 Å². The van der Waals surface area contributed by atoms with Crippen LogP contribution in [0.2, 0.25) is 0 Å². The SMILES string of the molecule is CC(NCc1nncn1C)c1nc(C(C)(C)C)cs1. The van der Waals surface area contributed by atoms with Gasteiger partial charge >= 0.3 is 0 Å². The summed E-state index contributed by atoms with van der Waals surface area (Å²) in [6.07, 6.45) is 1.71. The van der Waals surface area contributed by atoms with Crippen molar-refractivity contribution >= 4 is 11.3 Å². The molecule has 5 nitrogen and oxygen atoms in total. The van der Waals surface area contributed by atoms with Crippen LogP contribution < -0.4 is 5.32 Å². The molecule has 0 aliphatic heterocycles. The molecule has 0 aliphatic rings. The lowest BCUT2D eigenvalue weighted by molar-refractivity contribution is 0.533. The van der Waals surface area contributed by atoms with Crippen LogP contribution in [0.15, 0.2) is 11.7 Å². The average molecular weight is 279 g/mol. The fourth-order valence-corrected chi connectivity index (χ4v) is 2.71. The minimum absolute atomic E-state index is 0.109. The second kappa shape index (κ2) is 5.38. The summed E-state index contributed by atoms with van der Waals surface area (Å²) in [5.74, 6) is 0.930. The molecular formula is C13H21N5S. The lowest BCUT2D eigenvalue weighted by Gasteiger charge is -2.15. The minimum atomic E-state index is 0.109. The summed E-state index contributed by atoms with van der Waals surface area (Å²) in [6, 6.07) is 0.220. The number of thiazole rings is 1. The molecule has 6 heteroatoms. The van der Waals surface area contributed by atoms with Crippen molar-refractivity contribution in [3.05, 3.63) is 28.2 Å². The van der Waals surface area contributed by atoms with E-state index in [0.29, 0.717) is 6.54 Å². The van der Waals surface area contributed by atoms with E-state index in [2.05, 4.69) is 48.6 Å². The Hall–Kier alpha value is -1.27. The molecule has 0 aliphatic carbocycles. The number of rotatable bonds is 4. The summed E-state index contributed by atoms with van der Waals surface area (Å²) in [7, 11) is 1.95. The fourth-order valence-electron chi connectivity index (χ4n) is 1.63. The Morgan fingerprint density at radius 2 is 2.16 bits per heavy atom. The lowest BCUT2D eigenvalue weighted by atomic mass is 9.93. The number of hydrogen-bond donors (Lipinski definition) is 1. The normalized spacial score (nSPS) is 13.7. The molecule has 0 radical (unpaired) electrons. The van der Waals surface area contributed by atoms with Gasteiger partial charge in [0.25, 0.3) is 0 Å².